The topological polar surface area (TPSA) is 78.9 Å². The van der Waals surface area contributed by atoms with Crippen LogP contribution in [0, 0.1) is 0 Å². The molecule has 0 aromatic rings. The highest BCUT2D eigenvalue weighted by Crippen LogP contribution is 2.14. The van der Waals surface area contributed by atoms with E-state index in [1.165, 1.54) is 89.9 Å². The van der Waals surface area contributed by atoms with Gasteiger partial charge in [-0.3, -0.25) is 14.4 Å². The molecule has 0 aliphatic heterocycles. The molecule has 0 aromatic carbocycles. The minimum atomic E-state index is -0.814. The Morgan fingerprint density at radius 3 is 1.05 bits per heavy atom. The highest BCUT2D eigenvalue weighted by Gasteiger charge is 2.19. The molecule has 0 heterocycles. The molecule has 0 N–H and O–H groups in total. The Labute approximate surface area is 400 Å². The van der Waals surface area contributed by atoms with Gasteiger partial charge in [-0.2, -0.15) is 0 Å². The molecule has 1 unspecified atom stereocenters. The van der Waals surface area contributed by atoms with Crippen LogP contribution < -0.4 is 0 Å². The Kier molecular flexibility index (Phi) is 50.0. The van der Waals surface area contributed by atoms with E-state index in [1.54, 1.807) is 0 Å². The van der Waals surface area contributed by atoms with Crippen LogP contribution in [0.15, 0.2) is 97.2 Å². The number of esters is 3. The Hall–Kier alpha value is -3.67. The van der Waals surface area contributed by atoms with Gasteiger partial charge >= 0.3 is 17.9 Å². The fourth-order valence-corrected chi connectivity index (χ4v) is 7.09. The summed E-state index contributed by atoms with van der Waals surface area (Å²) in [5, 5.41) is 0. The van der Waals surface area contributed by atoms with E-state index < -0.39 is 6.10 Å². The maximum absolute atomic E-state index is 12.8. The molecule has 0 radical (unpaired) electrons. The Morgan fingerprint density at radius 1 is 0.323 bits per heavy atom. The molecular weight excluding hydrogens is 805 g/mol. The first kappa shape index (κ1) is 61.3. The van der Waals surface area contributed by atoms with Crippen LogP contribution in [-0.2, 0) is 28.6 Å². The maximum Gasteiger partial charge on any atom is 0.306 e. The minimum absolute atomic E-state index is 0.106. The Balaban J connectivity index is 4.52. The zero-order chi connectivity index (χ0) is 47.2. The van der Waals surface area contributed by atoms with Gasteiger partial charge in [0.2, 0.25) is 0 Å². The summed E-state index contributed by atoms with van der Waals surface area (Å²) in [5.74, 6) is -1.01. The highest BCUT2D eigenvalue weighted by molar-refractivity contribution is 5.71. The second kappa shape index (κ2) is 52.9. The molecule has 0 spiro atoms. The van der Waals surface area contributed by atoms with Gasteiger partial charge in [0.05, 0.1) is 0 Å². The van der Waals surface area contributed by atoms with Crippen molar-refractivity contribution >= 4 is 17.9 Å². The lowest BCUT2D eigenvalue weighted by Crippen LogP contribution is -2.30. The molecule has 0 amide bonds. The molecular formula is C59H98O6. The SMILES string of the molecule is CC/C=C\C/C=C\C/C=C\C/C=C\C/C=C\C/C=C\CCC(=O)OCC(COC(=O)CCCCCCCCCCCCCC)OC(=O)CCCCCCC/C=C\C/C=C\CCCCCC. The average molecular weight is 903 g/mol. The number of carbonyl (C=O) groups is 3. The van der Waals surface area contributed by atoms with Crippen molar-refractivity contribution in [3.05, 3.63) is 97.2 Å². The molecule has 0 aliphatic rings. The van der Waals surface area contributed by atoms with Gasteiger partial charge < -0.3 is 14.2 Å². The molecule has 0 aromatic heterocycles. The molecule has 1 atom stereocenters. The van der Waals surface area contributed by atoms with Crippen LogP contribution >= 0.6 is 0 Å². The van der Waals surface area contributed by atoms with Crippen molar-refractivity contribution in [1.82, 2.24) is 0 Å². The maximum atomic E-state index is 12.8. The molecule has 0 saturated heterocycles. The van der Waals surface area contributed by atoms with Gasteiger partial charge in [0.1, 0.15) is 13.2 Å². The van der Waals surface area contributed by atoms with Crippen LogP contribution in [0.5, 0.6) is 0 Å². The summed E-state index contributed by atoms with van der Waals surface area (Å²) in [7, 11) is 0. The monoisotopic (exact) mass is 903 g/mol. The van der Waals surface area contributed by atoms with Gasteiger partial charge in [0, 0.05) is 19.3 Å². The van der Waals surface area contributed by atoms with Crippen molar-refractivity contribution in [3.8, 4) is 0 Å². The summed E-state index contributed by atoms with van der Waals surface area (Å²) in [6, 6.07) is 0. The first-order valence-electron chi connectivity index (χ1n) is 26.7. The summed E-state index contributed by atoms with van der Waals surface area (Å²) in [4.78, 5) is 38.0. The molecule has 0 bridgehead atoms. The zero-order valence-electron chi connectivity index (χ0n) is 42.2. The van der Waals surface area contributed by atoms with Crippen LogP contribution in [0.1, 0.15) is 239 Å². The van der Waals surface area contributed by atoms with E-state index in [-0.39, 0.29) is 37.5 Å². The van der Waals surface area contributed by atoms with Crippen molar-refractivity contribution in [3.63, 3.8) is 0 Å². The van der Waals surface area contributed by atoms with Crippen molar-refractivity contribution in [2.24, 2.45) is 0 Å². The molecule has 0 rings (SSSR count). The van der Waals surface area contributed by atoms with Gasteiger partial charge in [-0.15, -0.1) is 0 Å². The van der Waals surface area contributed by atoms with Gasteiger partial charge in [-0.1, -0.05) is 227 Å². The zero-order valence-corrected chi connectivity index (χ0v) is 42.2. The van der Waals surface area contributed by atoms with E-state index in [9.17, 15) is 14.4 Å². The third-order valence-corrected chi connectivity index (χ3v) is 11.1. The fourth-order valence-electron chi connectivity index (χ4n) is 7.09. The summed E-state index contributed by atoms with van der Waals surface area (Å²) >= 11 is 0. The van der Waals surface area contributed by atoms with E-state index in [2.05, 4.69) is 112 Å². The fraction of sp³-hybridized carbons (Fsp3) is 0.678. The first-order valence-corrected chi connectivity index (χ1v) is 26.7. The molecule has 0 aliphatic carbocycles. The van der Waals surface area contributed by atoms with Gasteiger partial charge in [0.15, 0.2) is 6.10 Å². The third kappa shape index (κ3) is 51.2. The normalized spacial score (nSPS) is 12.8. The van der Waals surface area contributed by atoms with Crippen molar-refractivity contribution < 1.29 is 28.6 Å². The van der Waals surface area contributed by atoms with Crippen molar-refractivity contribution in [2.45, 2.75) is 245 Å². The molecule has 0 saturated carbocycles. The van der Waals surface area contributed by atoms with Gasteiger partial charge in [0.25, 0.3) is 0 Å². The highest BCUT2D eigenvalue weighted by atomic mass is 16.6. The summed E-state index contributed by atoms with van der Waals surface area (Å²) in [6.07, 6.45) is 69.7. The lowest BCUT2D eigenvalue weighted by Gasteiger charge is -2.18. The predicted octanol–water partition coefficient (Wildman–Crippen LogP) is 17.8. The van der Waals surface area contributed by atoms with E-state index >= 15 is 0 Å². The summed E-state index contributed by atoms with van der Waals surface area (Å²) in [5.41, 5.74) is 0. The number of carbonyl (C=O) groups excluding carboxylic acids is 3. The van der Waals surface area contributed by atoms with Crippen LogP contribution in [0.25, 0.3) is 0 Å². The minimum Gasteiger partial charge on any atom is -0.462 e. The molecule has 6 heteroatoms. The number of rotatable bonds is 47. The number of allylic oxidation sites excluding steroid dienone is 16. The first-order chi connectivity index (χ1) is 32.0. The molecule has 6 nitrogen and oxygen atoms in total. The van der Waals surface area contributed by atoms with Crippen LogP contribution in [0.4, 0.5) is 0 Å². The Morgan fingerprint density at radius 2 is 0.631 bits per heavy atom. The van der Waals surface area contributed by atoms with E-state index in [0.717, 1.165) is 103 Å². The lowest BCUT2D eigenvalue weighted by molar-refractivity contribution is -0.166. The summed E-state index contributed by atoms with van der Waals surface area (Å²) < 4.78 is 16.7. The standard InChI is InChI=1S/C59H98O6/c1-4-7-10-13-16-19-22-25-27-29-30-31-33-34-37-40-43-46-49-52-58(61)64-55-56(54-63-57(60)51-48-45-42-39-36-24-21-18-15-12-9-6-3)65-59(62)53-50-47-44-41-38-35-32-28-26-23-20-17-14-11-8-5-2/h7,10,16,19-20,23,25,27-28,30-32,34,37,43,46,56H,4-6,8-9,11-15,17-18,21-22,24,26,29,33,35-36,38-42,44-45,47-55H2,1-3H3/b10-7-,19-16-,23-20-,27-25-,31-30-,32-28-,37-34-,46-43-. The van der Waals surface area contributed by atoms with Crippen LogP contribution in [-0.4, -0.2) is 37.2 Å². The summed E-state index contributed by atoms with van der Waals surface area (Å²) in [6.45, 7) is 6.42. The third-order valence-electron chi connectivity index (χ3n) is 11.1. The van der Waals surface area contributed by atoms with Crippen molar-refractivity contribution in [2.75, 3.05) is 13.2 Å². The number of ether oxygens (including phenoxy) is 3. The second-order valence-electron chi connectivity index (χ2n) is 17.4. The number of hydrogen-bond donors (Lipinski definition) is 0. The van der Waals surface area contributed by atoms with E-state index in [1.807, 2.05) is 6.08 Å². The van der Waals surface area contributed by atoms with Gasteiger partial charge in [-0.05, 0) is 89.9 Å². The second-order valence-corrected chi connectivity index (χ2v) is 17.4. The van der Waals surface area contributed by atoms with Gasteiger partial charge in [-0.25, -0.2) is 0 Å². The molecule has 370 valence electrons. The largest absolute Gasteiger partial charge is 0.462 e. The molecule has 65 heavy (non-hydrogen) atoms. The quantitative estimate of drug-likeness (QED) is 0.0262. The predicted molar refractivity (Wildman–Crippen MR) is 279 cm³/mol. The molecule has 0 fully saturated rings. The van der Waals surface area contributed by atoms with Crippen LogP contribution in [0.3, 0.4) is 0 Å². The average Bonchev–Trinajstić information content (AvgIpc) is 3.30. The van der Waals surface area contributed by atoms with Crippen LogP contribution in [0.2, 0.25) is 0 Å². The lowest BCUT2D eigenvalue weighted by atomic mass is 10.0. The van der Waals surface area contributed by atoms with E-state index in [4.69, 9.17) is 14.2 Å². The smallest absolute Gasteiger partial charge is 0.306 e. The van der Waals surface area contributed by atoms with E-state index in [0.29, 0.717) is 19.3 Å². The van der Waals surface area contributed by atoms with Crippen molar-refractivity contribution in [1.29, 1.82) is 0 Å². The number of unbranched alkanes of at least 4 members (excludes halogenated alkanes) is 20. The number of hydrogen-bond acceptors (Lipinski definition) is 6. The Bertz CT molecular complexity index is 1310.